The Hall–Kier alpha value is -1.94. The van der Waals surface area contributed by atoms with Crippen LogP contribution in [0, 0.1) is 5.82 Å². The van der Waals surface area contributed by atoms with Gasteiger partial charge in [-0.3, -0.25) is 9.88 Å². The van der Waals surface area contributed by atoms with E-state index in [1.165, 1.54) is 17.7 Å². The molecule has 0 atom stereocenters. The van der Waals surface area contributed by atoms with Crippen molar-refractivity contribution in [3.8, 4) is 0 Å². The number of piperidine rings is 1. The molecule has 0 spiro atoms. The van der Waals surface area contributed by atoms with Gasteiger partial charge in [0.1, 0.15) is 5.82 Å². The molecule has 0 unspecified atom stereocenters. The Morgan fingerprint density at radius 2 is 1.91 bits per heavy atom. The second kappa shape index (κ2) is 6.88. The molecule has 0 saturated carbocycles. The maximum atomic E-state index is 13.0. The maximum Gasteiger partial charge on any atom is 0.123 e. The first kappa shape index (κ1) is 15.0. The predicted octanol–water partition coefficient (Wildman–Crippen LogP) is 3.32. The molecule has 3 rings (SSSR count). The molecule has 1 aliphatic rings. The standard InChI is InChI=1S/C18H22FN3/c1-21(14-15-3-2-10-20-13-15)17-8-11-22(12-9-17)18-6-4-16(19)5-7-18/h2-7,10,13,17H,8-9,11-12,14H2,1H3. The summed E-state index contributed by atoms with van der Waals surface area (Å²) in [7, 11) is 2.19. The first-order chi connectivity index (χ1) is 10.7. The average Bonchev–Trinajstić information content (AvgIpc) is 2.57. The summed E-state index contributed by atoms with van der Waals surface area (Å²) in [5.41, 5.74) is 2.38. The van der Waals surface area contributed by atoms with Crippen molar-refractivity contribution in [2.75, 3.05) is 25.0 Å². The number of aromatic nitrogens is 1. The third-order valence-electron chi connectivity index (χ3n) is 4.43. The zero-order valence-corrected chi connectivity index (χ0v) is 13.0. The van der Waals surface area contributed by atoms with Gasteiger partial charge in [-0.05, 0) is 55.8 Å². The molecule has 0 N–H and O–H groups in total. The van der Waals surface area contributed by atoms with Crippen molar-refractivity contribution >= 4 is 5.69 Å². The molecule has 22 heavy (non-hydrogen) atoms. The van der Waals surface area contributed by atoms with Crippen LogP contribution in [0.15, 0.2) is 48.8 Å². The van der Waals surface area contributed by atoms with Crippen LogP contribution in [0.1, 0.15) is 18.4 Å². The van der Waals surface area contributed by atoms with E-state index >= 15 is 0 Å². The first-order valence-corrected chi connectivity index (χ1v) is 7.82. The Morgan fingerprint density at radius 3 is 2.55 bits per heavy atom. The van der Waals surface area contributed by atoms with Crippen LogP contribution in [0.2, 0.25) is 0 Å². The van der Waals surface area contributed by atoms with Crippen LogP contribution in [-0.4, -0.2) is 36.1 Å². The van der Waals surface area contributed by atoms with E-state index in [0.29, 0.717) is 6.04 Å². The summed E-state index contributed by atoms with van der Waals surface area (Å²) in [5, 5.41) is 0. The van der Waals surface area contributed by atoms with Gasteiger partial charge in [-0.25, -0.2) is 4.39 Å². The van der Waals surface area contributed by atoms with Crippen molar-refractivity contribution in [1.82, 2.24) is 9.88 Å². The van der Waals surface area contributed by atoms with Crippen molar-refractivity contribution < 1.29 is 4.39 Å². The average molecular weight is 299 g/mol. The van der Waals surface area contributed by atoms with Gasteiger partial charge >= 0.3 is 0 Å². The lowest BCUT2D eigenvalue weighted by Crippen LogP contribution is -2.43. The number of hydrogen-bond donors (Lipinski definition) is 0. The molecule has 1 saturated heterocycles. The zero-order chi connectivity index (χ0) is 15.4. The van der Waals surface area contributed by atoms with E-state index in [0.717, 1.165) is 38.2 Å². The Kier molecular flexibility index (Phi) is 4.68. The molecule has 0 radical (unpaired) electrons. The van der Waals surface area contributed by atoms with Crippen LogP contribution in [0.3, 0.4) is 0 Å². The van der Waals surface area contributed by atoms with E-state index in [1.54, 1.807) is 0 Å². The SMILES string of the molecule is CN(Cc1cccnc1)C1CCN(c2ccc(F)cc2)CC1. The van der Waals surface area contributed by atoms with Crippen molar-refractivity contribution in [2.45, 2.75) is 25.4 Å². The molecule has 2 heterocycles. The van der Waals surface area contributed by atoms with Gasteiger partial charge in [0.15, 0.2) is 0 Å². The van der Waals surface area contributed by atoms with Crippen LogP contribution >= 0.6 is 0 Å². The topological polar surface area (TPSA) is 19.4 Å². The monoisotopic (exact) mass is 299 g/mol. The second-order valence-corrected chi connectivity index (χ2v) is 5.97. The number of benzene rings is 1. The minimum Gasteiger partial charge on any atom is -0.371 e. The number of rotatable bonds is 4. The molecule has 2 aromatic rings. The first-order valence-electron chi connectivity index (χ1n) is 7.82. The Bertz CT molecular complexity index is 577. The third kappa shape index (κ3) is 3.63. The fraction of sp³-hybridized carbons (Fsp3) is 0.389. The fourth-order valence-corrected chi connectivity index (χ4v) is 3.13. The zero-order valence-electron chi connectivity index (χ0n) is 13.0. The highest BCUT2D eigenvalue weighted by Crippen LogP contribution is 2.23. The molecule has 3 nitrogen and oxygen atoms in total. The number of anilines is 1. The largest absolute Gasteiger partial charge is 0.371 e. The normalized spacial score (nSPS) is 16.2. The smallest absolute Gasteiger partial charge is 0.123 e. The van der Waals surface area contributed by atoms with Crippen molar-refractivity contribution in [3.63, 3.8) is 0 Å². The van der Waals surface area contributed by atoms with E-state index in [1.807, 2.05) is 30.6 Å². The molecule has 1 fully saturated rings. The lowest BCUT2D eigenvalue weighted by atomic mass is 10.0. The van der Waals surface area contributed by atoms with Gasteiger partial charge < -0.3 is 4.90 Å². The highest BCUT2D eigenvalue weighted by atomic mass is 19.1. The summed E-state index contributed by atoms with van der Waals surface area (Å²) in [6.45, 7) is 2.98. The van der Waals surface area contributed by atoms with Crippen molar-refractivity contribution in [2.24, 2.45) is 0 Å². The summed E-state index contributed by atoms with van der Waals surface area (Å²) in [6, 6.07) is 11.5. The molecular formula is C18H22FN3. The minimum atomic E-state index is -0.171. The Labute approximate surface area is 131 Å². The summed E-state index contributed by atoms with van der Waals surface area (Å²) < 4.78 is 13.0. The highest BCUT2D eigenvalue weighted by Gasteiger charge is 2.22. The van der Waals surface area contributed by atoms with E-state index in [9.17, 15) is 4.39 Å². The molecular weight excluding hydrogens is 277 g/mol. The van der Waals surface area contributed by atoms with Gasteiger partial charge in [0.05, 0.1) is 0 Å². The second-order valence-electron chi connectivity index (χ2n) is 5.97. The van der Waals surface area contributed by atoms with E-state index < -0.39 is 0 Å². The molecule has 116 valence electrons. The number of pyridine rings is 1. The van der Waals surface area contributed by atoms with E-state index in [-0.39, 0.29) is 5.82 Å². The van der Waals surface area contributed by atoms with Gasteiger partial charge in [0.2, 0.25) is 0 Å². The maximum absolute atomic E-state index is 13.0. The molecule has 0 amide bonds. The molecule has 1 aromatic heterocycles. The quantitative estimate of drug-likeness (QED) is 0.863. The van der Waals surface area contributed by atoms with Crippen LogP contribution in [0.4, 0.5) is 10.1 Å². The Morgan fingerprint density at radius 1 is 1.18 bits per heavy atom. The summed E-state index contributed by atoms with van der Waals surface area (Å²) in [6.07, 6.45) is 6.01. The third-order valence-corrected chi connectivity index (χ3v) is 4.43. The summed E-state index contributed by atoms with van der Waals surface area (Å²) in [4.78, 5) is 8.93. The lowest BCUT2D eigenvalue weighted by Gasteiger charge is -2.38. The van der Waals surface area contributed by atoms with Crippen LogP contribution in [0.5, 0.6) is 0 Å². The Balaban J connectivity index is 1.54. The lowest BCUT2D eigenvalue weighted by molar-refractivity contribution is 0.200. The summed E-state index contributed by atoms with van der Waals surface area (Å²) >= 11 is 0. The van der Waals surface area contributed by atoms with Gasteiger partial charge in [-0.15, -0.1) is 0 Å². The van der Waals surface area contributed by atoms with Crippen LogP contribution in [0.25, 0.3) is 0 Å². The molecule has 0 aliphatic carbocycles. The molecule has 4 heteroatoms. The number of nitrogens with zero attached hydrogens (tertiary/aromatic N) is 3. The summed E-state index contributed by atoms with van der Waals surface area (Å²) in [5.74, 6) is -0.171. The van der Waals surface area contributed by atoms with Gasteiger partial charge in [0.25, 0.3) is 0 Å². The van der Waals surface area contributed by atoms with Gasteiger partial charge in [0, 0.05) is 43.8 Å². The molecule has 1 aliphatic heterocycles. The van der Waals surface area contributed by atoms with E-state index in [2.05, 4.69) is 27.9 Å². The van der Waals surface area contributed by atoms with E-state index in [4.69, 9.17) is 0 Å². The molecule has 1 aromatic carbocycles. The van der Waals surface area contributed by atoms with Crippen LogP contribution in [-0.2, 0) is 6.54 Å². The molecule has 0 bridgehead atoms. The highest BCUT2D eigenvalue weighted by molar-refractivity contribution is 5.46. The van der Waals surface area contributed by atoms with Crippen molar-refractivity contribution in [1.29, 1.82) is 0 Å². The number of halogens is 1. The minimum absolute atomic E-state index is 0.171. The fourth-order valence-electron chi connectivity index (χ4n) is 3.13. The van der Waals surface area contributed by atoms with Gasteiger partial charge in [-0.1, -0.05) is 6.07 Å². The van der Waals surface area contributed by atoms with Gasteiger partial charge in [-0.2, -0.15) is 0 Å². The van der Waals surface area contributed by atoms with Crippen LogP contribution < -0.4 is 4.90 Å². The van der Waals surface area contributed by atoms with Crippen molar-refractivity contribution in [3.05, 3.63) is 60.2 Å². The number of hydrogen-bond acceptors (Lipinski definition) is 3. The predicted molar refractivity (Wildman–Crippen MR) is 87.3 cm³/mol.